The Morgan fingerprint density at radius 1 is 1.11 bits per heavy atom. The number of hydroxylamine groups is 1. The third-order valence-corrected chi connectivity index (χ3v) is 7.21. The van der Waals surface area contributed by atoms with Crippen LogP contribution in [0.15, 0.2) is 36.5 Å². The highest BCUT2D eigenvalue weighted by molar-refractivity contribution is 6.31. The molecule has 7 nitrogen and oxygen atoms in total. The number of alkyl halides is 3. The van der Waals surface area contributed by atoms with Crippen molar-refractivity contribution in [2.24, 2.45) is 5.92 Å². The van der Waals surface area contributed by atoms with Crippen molar-refractivity contribution in [3.63, 3.8) is 0 Å². The number of aromatic nitrogens is 1. The summed E-state index contributed by atoms with van der Waals surface area (Å²) in [4.78, 5) is 34.3. The van der Waals surface area contributed by atoms with Crippen LogP contribution in [0.5, 0.6) is 0 Å². The van der Waals surface area contributed by atoms with E-state index in [1.807, 2.05) is 18.3 Å². The number of likely N-dealkylation sites (tertiary alicyclic amines) is 1. The van der Waals surface area contributed by atoms with Crippen molar-refractivity contribution in [2.75, 3.05) is 24.7 Å². The van der Waals surface area contributed by atoms with Gasteiger partial charge in [0.1, 0.15) is 6.17 Å². The molecule has 0 radical (unpaired) electrons. The van der Waals surface area contributed by atoms with Crippen LogP contribution in [0.1, 0.15) is 28.8 Å². The number of piperidine rings is 1. The van der Waals surface area contributed by atoms with E-state index in [4.69, 9.17) is 11.6 Å². The lowest BCUT2D eigenvalue weighted by molar-refractivity contribution is -0.203. The minimum Gasteiger partial charge on any atom is -0.361 e. The second-order valence-corrected chi connectivity index (χ2v) is 9.77. The zero-order chi connectivity index (χ0) is 27.2. The van der Waals surface area contributed by atoms with Gasteiger partial charge >= 0.3 is 12.1 Å². The first kappa shape index (κ1) is 26.2. The molecule has 1 atom stereocenters. The Labute approximate surface area is 218 Å². The zero-order valence-corrected chi connectivity index (χ0v) is 20.5. The fourth-order valence-corrected chi connectivity index (χ4v) is 5.18. The topological polar surface area (TPSA) is 77.7 Å². The van der Waals surface area contributed by atoms with E-state index in [1.54, 1.807) is 6.07 Å². The molecular weight excluding hydrogens is 535 g/mol. The third-order valence-electron chi connectivity index (χ3n) is 6.97. The molecule has 13 heteroatoms. The van der Waals surface area contributed by atoms with Gasteiger partial charge in [-0.15, -0.1) is 0 Å². The normalized spacial score (nSPS) is 18.9. The van der Waals surface area contributed by atoms with E-state index < -0.39 is 53.0 Å². The van der Waals surface area contributed by atoms with E-state index >= 15 is 0 Å². The first-order valence-corrected chi connectivity index (χ1v) is 12.2. The molecule has 3 aromatic rings. The van der Waals surface area contributed by atoms with Gasteiger partial charge in [0.2, 0.25) is 0 Å². The van der Waals surface area contributed by atoms with Gasteiger partial charge in [0.25, 0.3) is 5.91 Å². The second-order valence-electron chi connectivity index (χ2n) is 9.34. The van der Waals surface area contributed by atoms with Crippen LogP contribution in [-0.4, -0.2) is 53.7 Å². The van der Waals surface area contributed by atoms with E-state index in [-0.39, 0.29) is 0 Å². The number of fused-ring (bicyclic) bond motifs is 2. The van der Waals surface area contributed by atoms with Crippen molar-refractivity contribution >= 4 is 40.1 Å². The molecule has 2 aliphatic heterocycles. The smallest absolute Gasteiger partial charge is 0.361 e. The number of halogens is 6. The largest absolute Gasteiger partial charge is 0.493 e. The van der Waals surface area contributed by atoms with Gasteiger partial charge in [-0.3, -0.25) is 4.79 Å². The van der Waals surface area contributed by atoms with Gasteiger partial charge in [0.05, 0.1) is 11.3 Å². The number of benzene rings is 2. The number of hydrogen-bond donors (Lipinski definition) is 2. The minimum absolute atomic E-state index is 0.426. The van der Waals surface area contributed by atoms with Crippen molar-refractivity contribution in [3.8, 4) is 0 Å². The summed E-state index contributed by atoms with van der Waals surface area (Å²) < 4.78 is 66.8. The summed E-state index contributed by atoms with van der Waals surface area (Å²) in [6.45, 7) is 1.83. The molecule has 0 bridgehead atoms. The first-order valence-electron chi connectivity index (χ1n) is 11.9. The molecule has 0 aliphatic carbocycles. The molecule has 2 N–H and O–H groups in total. The molecule has 0 saturated carbocycles. The Hall–Kier alpha value is -3.38. The molecule has 1 aromatic heterocycles. The van der Waals surface area contributed by atoms with E-state index in [1.165, 1.54) is 0 Å². The highest BCUT2D eigenvalue weighted by Crippen LogP contribution is 2.35. The highest BCUT2D eigenvalue weighted by Gasteiger charge is 2.47. The summed E-state index contributed by atoms with van der Waals surface area (Å²) in [7, 11) is 0. The van der Waals surface area contributed by atoms with Crippen molar-refractivity contribution in [1.82, 2.24) is 15.2 Å². The second kappa shape index (κ2) is 10.1. The van der Waals surface area contributed by atoms with E-state index in [0.29, 0.717) is 54.7 Å². The van der Waals surface area contributed by atoms with Gasteiger partial charge in [-0.1, -0.05) is 11.6 Å². The van der Waals surface area contributed by atoms with Crippen LogP contribution < -0.4 is 10.4 Å². The zero-order valence-electron chi connectivity index (χ0n) is 19.7. The Morgan fingerprint density at radius 2 is 1.82 bits per heavy atom. The fraction of sp³-hybridized carbons (Fsp3) is 0.360. The maximum Gasteiger partial charge on any atom is 0.493 e. The molecule has 3 heterocycles. The summed E-state index contributed by atoms with van der Waals surface area (Å²) in [5.74, 6) is -6.51. The lowest BCUT2D eigenvalue weighted by Gasteiger charge is -2.43. The van der Waals surface area contributed by atoms with E-state index in [2.05, 4.69) is 20.0 Å². The van der Waals surface area contributed by atoms with Crippen molar-refractivity contribution in [2.45, 2.75) is 31.6 Å². The highest BCUT2D eigenvalue weighted by atomic mass is 35.5. The molecule has 1 amide bonds. The lowest BCUT2D eigenvalue weighted by Crippen LogP contribution is -2.59. The number of aromatic amines is 1. The number of amides is 1. The predicted octanol–water partition coefficient (Wildman–Crippen LogP) is 4.95. The fourth-order valence-electron chi connectivity index (χ4n) is 5.01. The SMILES string of the molecule is O=C1NC(C2CCN(CCc3c[nH]c4ccc(Cl)cc34)CC2)N(OC(=O)C(F)(F)F)c2cc(F)c(F)cc21. The standard InChI is InChI=1S/C25H22ClF5N4O3/c26-15-1-2-20-16(9-15)14(12-32-20)5-8-34-6-3-13(4-7-34)22-33-23(36)17-10-18(27)19(28)11-21(17)35(22)38-24(37)25(29,30)31/h1-2,9-13,22,32H,3-8H2,(H,33,36). The number of H-pyrrole nitrogens is 1. The van der Waals surface area contributed by atoms with Gasteiger partial charge in [-0.2, -0.15) is 18.2 Å². The third kappa shape index (κ3) is 5.14. The average Bonchev–Trinajstić information content (AvgIpc) is 3.27. The van der Waals surface area contributed by atoms with Gasteiger partial charge < -0.3 is 20.0 Å². The van der Waals surface area contributed by atoms with Gasteiger partial charge in [0.15, 0.2) is 11.6 Å². The summed E-state index contributed by atoms with van der Waals surface area (Å²) in [5.41, 5.74) is 1.18. The van der Waals surface area contributed by atoms with Crippen molar-refractivity contribution in [3.05, 3.63) is 64.3 Å². The molecule has 1 fully saturated rings. The molecule has 5 rings (SSSR count). The Morgan fingerprint density at radius 3 is 2.53 bits per heavy atom. The van der Waals surface area contributed by atoms with Crippen molar-refractivity contribution in [1.29, 1.82) is 0 Å². The number of nitrogens with one attached hydrogen (secondary N) is 2. The molecular formula is C25H22ClF5N4O3. The molecule has 1 saturated heterocycles. The van der Waals surface area contributed by atoms with Crippen LogP contribution in [0.2, 0.25) is 5.02 Å². The predicted molar refractivity (Wildman–Crippen MR) is 128 cm³/mol. The van der Waals surface area contributed by atoms with Crippen LogP contribution in [0.4, 0.5) is 27.6 Å². The Balaban J connectivity index is 1.30. The number of nitrogens with zero attached hydrogens (tertiary/aromatic N) is 2. The number of hydrogen-bond acceptors (Lipinski definition) is 5. The number of carbonyl (C=O) groups is 2. The van der Waals surface area contributed by atoms with Gasteiger partial charge in [-0.25, -0.2) is 13.6 Å². The molecule has 2 aliphatic rings. The molecule has 38 heavy (non-hydrogen) atoms. The van der Waals surface area contributed by atoms with Gasteiger partial charge in [-0.05, 0) is 62.2 Å². The maximum atomic E-state index is 14.0. The summed E-state index contributed by atoms with van der Waals surface area (Å²) in [6, 6.07) is 6.72. The van der Waals surface area contributed by atoms with E-state index in [9.17, 15) is 31.5 Å². The number of rotatable bonds is 5. The Kier molecular flexibility index (Phi) is 6.95. The van der Waals surface area contributed by atoms with Crippen LogP contribution in [0, 0.1) is 17.6 Å². The lowest BCUT2D eigenvalue weighted by atomic mass is 9.91. The summed E-state index contributed by atoms with van der Waals surface area (Å²) in [6.07, 6.45) is -2.96. The molecule has 1 unspecified atom stereocenters. The van der Waals surface area contributed by atoms with Crippen LogP contribution in [0.3, 0.4) is 0 Å². The minimum atomic E-state index is -5.33. The van der Waals surface area contributed by atoms with E-state index in [0.717, 1.165) is 22.9 Å². The monoisotopic (exact) mass is 556 g/mol. The summed E-state index contributed by atoms with van der Waals surface area (Å²) in [5, 5.41) is 4.72. The number of anilines is 1. The van der Waals surface area contributed by atoms with Crippen LogP contribution in [-0.2, 0) is 16.1 Å². The Bertz CT molecular complexity index is 1390. The average molecular weight is 557 g/mol. The van der Waals surface area contributed by atoms with Crippen LogP contribution >= 0.6 is 11.6 Å². The molecule has 202 valence electrons. The first-order chi connectivity index (χ1) is 18.0. The maximum absolute atomic E-state index is 14.0. The van der Waals surface area contributed by atoms with Gasteiger partial charge in [0, 0.05) is 40.7 Å². The van der Waals surface area contributed by atoms with Crippen LogP contribution in [0.25, 0.3) is 10.9 Å². The molecule has 2 aromatic carbocycles. The number of carbonyl (C=O) groups excluding carboxylic acids is 2. The van der Waals surface area contributed by atoms with Crippen molar-refractivity contribution < 1.29 is 36.4 Å². The quantitative estimate of drug-likeness (QED) is 0.435. The summed E-state index contributed by atoms with van der Waals surface area (Å²) >= 11 is 6.12. The molecule has 0 spiro atoms.